The Morgan fingerprint density at radius 1 is 1.48 bits per heavy atom. The van der Waals surface area contributed by atoms with Gasteiger partial charge >= 0.3 is 0 Å². The van der Waals surface area contributed by atoms with Crippen LogP contribution in [0.2, 0.25) is 0 Å². The van der Waals surface area contributed by atoms with Crippen LogP contribution in [-0.2, 0) is 5.60 Å². The number of carbonyl (C=O) groups excluding carboxylic acids is 1. The summed E-state index contributed by atoms with van der Waals surface area (Å²) in [5, 5.41) is 12.7. The summed E-state index contributed by atoms with van der Waals surface area (Å²) in [6.45, 7) is 1.45. The van der Waals surface area contributed by atoms with Crippen LogP contribution in [0.25, 0.3) is 0 Å². The van der Waals surface area contributed by atoms with Gasteiger partial charge in [-0.3, -0.25) is 4.79 Å². The molecule has 0 unspecified atom stereocenters. The van der Waals surface area contributed by atoms with Gasteiger partial charge < -0.3 is 19.6 Å². The number of aliphatic hydroxyl groups is 1. The molecule has 1 heterocycles. The summed E-state index contributed by atoms with van der Waals surface area (Å²) in [6.07, 6.45) is 1.43. The van der Waals surface area contributed by atoms with Crippen molar-refractivity contribution in [3.8, 4) is 5.75 Å². The van der Waals surface area contributed by atoms with Crippen molar-refractivity contribution in [2.24, 2.45) is 0 Å². The molecule has 6 heteroatoms. The predicted molar refractivity (Wildman–Crippen MR) is 73.6 cm³/mol. The average molecular weight is 293 g/mol. The molecule has 0 saturated heterocycles. The summed E-state index contributed by atoms with van der Waals surface area (Å²) in [4.78, 5) is 12.0. The third-order valence-corrected chi connectivity index (χ3v) is 3.06. The molecule has 1 amide bonds. The van der Waals surface area contributed by atoms with Crippen LogP contribution in [-0.4, -0.2) is 24.7 Å². The zero-order valence-electron chi connectivity index (χ0n) is 11.7. The molecule has 2 rings (SSSR count). The van der Waals surface area contributed by atoms with E-state index in [1.54, 1.807) is 12.1 Å². The van der Waals surface area contributed by atoms with Gasteiger partial charge in [0.25, 0.3) is 5.91 Å². The van der Waals surface area contributed by atoms with Gasteiger partial charge in [0.15, 0.2) is 11.6 Å². The zero-order chi connectivity index (χ0) is 15.5. The molecular weight excluding hydrogens is 277 g/mol. The van der Waals surface area contributed by atoms with E-state index in [0.29, 0.717) is 5.76 Å². The van der Waals surface area contributed by atoms with Gasteiger partial charge in [0.2, 0.25) is 0 Å². The van der Waals surface area contributed by atoms with Gasteiger partial charge in [-0.2, -0.15) is 0 Å². The number of benzene rings is 1. The number of nitrogens with one attached hydrogen (secondary N) is 1. The number of amides is 1. The minimum atomic E-state index is -1.34. The molecule has 2 N–H and O–H groups in total. The van der Waals surface area contributed by atoms with E-state index < -0.39 is 17.3 Å². The molecule has 0 aliphatic rings. The fourth-order valence-corrected chi connectivity index (χ4v) is 1.83. The van der Waals surface area contributed by atoms with Crippen molar-refractivity contribution < 1.29 is 23.4 Å². The second kappa shape index (κ2) is 5.97. The van der Waals surface area contributed by atoms with E-state index >= 15 is 0 Å². The summed E-state index contributed by atoms with van der Waals surface area (Å²) in [5.74, 6) is -0.718. The van der Waals surface area contributed by atoms with Crippen molar-refractivity contribution >= 4 is 5.91 Å². The molecule has 21 heavy (non-hydrogen) atoms. The molecule has 1 aromatic heterocycles. The van der Waals surface area contributed by atoms with E-state index in [-0.39, 0.29) is 17.9 Å². The van der Waals surface area contributed by atoms with E-state index in [4.69, 9.17) is 9.15 Å². The molecule has 0 fully saturated rings. The Kier molecular flexibility index (Phi) is 4.28. The van der Waals surface area contributed by atoms with Crippen LogP contribution >= 0.6 is 0 Å². The van der Waals surface area contributed by atoms with Gasteiger partial charge in [-0.05, 0) is 37.3 Å². The van der Waals surface area contributed by atoms with Crippen LogP contribution in [0.5, 0.6) is 5.75 Å². The molecule has 112 valence electrons. The summed E-state index contributed by atoms with van der Waals surface area (Å²) in [6, 6.07) is 7.15. The monoisotopic (exact) mass is 293 g/mol. The van der Waals surface area contributed by atoms with Gasteiger partial charge in [0, 0.05) is 5.56 Å². The molecule has 0 radical (unpaired) electrons. The smallest absolute Gasteiger partial charge is 0.251 e. The third-order valence-electron chi connectivity index (χ3n) is 3.06. The second-order valence-electron chi connectivity index (χ2n) is 4.78. The standard InChI is InChI=1S/C15H16FNO4/c1-15(19,13-4-3-7-21-13)9-17-14(18)10-5-6-12(20-2)11(16)8-10/h3-8,19H,9H2,1-2H3,(H,17,18)/t15-/m1/s1. The number of ether oxygens (including phenoxy) is 1. The number of carbonyl (C=O) groups is 1. The Bertz CT molecular complexity index is 623. The largest absolute Gasteiger partial charge is 0.494 e. The van der Waals surface area contributed by atoms with Crippen LogP contribution in [0.4, 0.5) is 4.39 Å². The van der Waals surface area contributed by atoms with E-state index in [1.165, 1.54) is 32.4 Å². The van der Waals surface area contributed by atoms with Crippen molar-refractivity contribution in [3.63, 3.8) is 0 Å². The maximum absolute atomic E-state index is 13.5. The zero-order valence-corrected chi connectivity index (χ0v) is 11.7. The topological polar surface area (TPSA) is 71.7 Å². The van der Waals surface area contributed by atoms with Crippen LogP contribution in [0, 0.1) is 5.82 Å². The molecule has 2 aromatic rings. The van der Waals surface area contributed by atoms with Crippen molar-refractivity contribution in [2.75, 3.05) is 13.7 Å². The number of methoxy groups -OCH3 is 1. The van der Waals surface area contributed by atoms with Crippen molar-refractivity contribution in [1.29, 1.82) is 0 Å². The van der Waals surface area contributed by atoms with Gasteiger partial charge in [-0.1, -0.05) is 0 Å². The van der Waals surface area contributed by atoms with Gasteiger partial charge in [-0.25, -0.2) is 4.39 Å². The fourth-order valence-electron chi connectivity index (χ4n) is 1.83. The highest BCUT2D eigenvalue weighted by atomic mass is 19.1. The Morgan fingerprint density at radius 2 is 2.24 bits per heavy atom. The maximum atomic E-state index is 13.5. The molecule has 0 spiro atoms. The van der Waals surface area contributed by atoms with Crippen LogP contribution in [0.1, 0.15) is 23.0 Å². The summed E-state index contributed by atoms with van der Waals surface area (Å²) in [5.41, 5.74) is -1.20. The van der Waals surface area contributed by atoms with E-state index in [1.807, 2.05) is 0 Å². The van der Waals surface area contributed by atoms with Crippen molar-refractivity contribution in [1.82, 2.24) is 5.32 Å². The highest BCUT2D eigenvalue weighted by Crippen LogP contribution is 2.21. The first-order valence-electron chi connectivity index (χ1n) is 6.32. The van der Waals surface area contributed by atoms with E-state index in [9.17, 15) is 14.3 Å². The lowest BCUT2D eigenvalue weighted by molar-refractivity contribution is 0.0330. The fraction of sp³-hybridized carbons (Fsp3) is 0.267. The number of hydrogen-bond donors (Lipinski definition) is 2. The highest BCUT2D eigenvalue weighted by molar-refractivity contribution is 5.94. The minimum Gasteiger partial charge on any atom is -0.494 e. The van der Waals surface area contributed by atoms with Crippen molar-refractivity contribution in [2.45, 2.75) is 12.5 Å². The second-order valence-corrected chi connectivity index (χ2v) is 4.78. The molecular formula is C15H16FNO4. The number of halogens is 1. The molecule has 0 aliphatic carbocycles. The third kappa shape index (κ3) is 3.41. The van der Waals surface area contributed by atoms with Crippen LogP contribution in [0.15, 0.2) is 41.0 Å². The molecule has 0 saturated carbocycles. The maximum Gasteiger partial charge on any atom is 0.251 e. The molecule has 1 atom stereocenters. The lowest BCUT2D eigenvalue weighted by atomic mass is 10.0. The Labute approximate surface area is 121 Å². The Balaban J connectivity index is 2.03. The number of rotatable bonds is 5. The molecule has 5 nitrogen and oxygen atoms in total. The quantitative estimate of drug-likeness (QED) is 0.885. The number of hydrogen-bond acceptors (Lipinski definition) is 4. The van der Waals surface area contributed by atoms with Gasteiger partial charge in [-0.15, -0.1) is 0 Å². The summed E-state index contributed by atoms with van der Waals surface area (Å²) < 4.78 is 23.4. The number of furan rings is 1. The minimum absolute atomic E-state index is 0.0625. The lowest BCUT2D eigenvalue weighted by Crippen LogP contribution is -2.38. The molecule has 0 bridgehead atoms. The van der Waals surface area contributed by atoms with Gasteiger partial charge in [0.1, 0.15) is 11.4 Å². The van der Waals surface area contributed by atoms with E-state index in [0.717, 1.165) is 6.07 Å². The SMILES string of the molecule is COc1ccc(C(=O)NC[C@@](C)(O)c2ccco2)cc1F. The van der Waals surface area contributed by atoms with Crippen LogP contribution in [0.3, 0.4) is 0 Å². The van der Waals surface area contributed by atoms with E-state index in [2.05, 4.69) is 5.32 Å². The lowest BCUT2D eigenvalue weighted by Gasteiger charge is -2.21. The predicted octanol–water partition coefficient (Wildman–Crippen LogP) is 2.06. The van der Waals surface area contributed by atoms with Gasteiger partial charge in [0.05, 0.1) is 19.9 Å². The summed E-state index contributed by atoms with van der Waals surface area (Å²) >= 11 is 0. The molecule has 1 aromatic carbocycles. The Morgan fingerprint density at radius 3 is 2.81 bits per heavy atom. The molecule has 0 aliphatic heterocycles. The van der Waals surface area contributed by atoms with Crippen LogP contribution < -0.4 is 10.1 Å². The normalized spacial score (nSPS) is 13.5. The first-order valence-corrected chi connectivity index (χ1v) is 6.32. The first kappa shape index (κ1) is 15.1. The van der Waals surface area contributed by atoms with Crippen molar-refractivity contribution in [3.05, 3.63) is 53.7 Å². The Hall–Kier alpha value is -2.34. The highest BCUT2D eigenvalue weighted by Gasteiger charge is 2.27. The average Bonchev–Trinajstić information content (AvgIpc) is 2.99. The summed E-state index contributed by atoms with van der Waals surface area (Å²) in [7, 11) is 1.35. The first-order chi connectivity index (χ1) is 9.94.